The molecule has 1 aromatic heterocycles. The highest BCUT2D eigenvalue weighted by molar-refractivity contribution is 6.32. The quantitative estimate of drug-likeness (QED) is 0.792. The van der Waals surface area contributed by atoms with Crippen LogP contribution in [0.1, 0.15) is 19.8 Å². The van der Waals surface area contributed by atoms with E-state index in [4.69, 9.17) is 16.7 Å². The van der Waals surface area contributed by atoms with Crippen molar-refractivity contribution in [3.05, 3.63) is 23.5 Å². The molecule has 92 valence electrons. The number of carboxylic acids is 1. The van der Waals surface area contributed by atoms with Gasteiger partial charge in [-0.1, -0.05) is 18.5 Å². The summed E-state index contributed by atoms with van der Waals surface area (Å²) in [5, 5.41) is 11.4. The maximum atomic E-state index is 11.6. The molecule has 0 radical (unpaired) electrons. The number of amides is 1. The molecule has 1 unspecified atom stereocenters. The number of carbonyl (C=O) groups is 2. The Kier molecular flexibility index (Phi) is 4.90. The molecule has 0 bridgehead atoms. The maximum Gasteiger partial charge on any atom is 0.303 e. The molecule has 1 amide bonds. The van der Waals surface area contributed by atoms with Gasteiger partial charge in [0.25, 0.3) is 0 Å². The van der Waals surface area contributed by atoms with E-state index < -0.39 is 5.97 Å². The lowest BCUT2D eigenvalue weighted by Crippen LogP contribution is -2.17. The lowest BCUT2D eigenvalue weighted by Gasteiger charge is -2.09. The molecule has 0 aliphatic carbocycles. The highest BCUT2D eigenvalue weighted by Gasteiger charge is 2.13. The zero-order valence-corrected chi connectivity index (χ0v) is 10.1. The van der Waals surface area contributed by atoms with E-state index in [0.717, 1.165) is 0 Å². The van der Waals surface area contributed by atoms with E-state index in [0.29, 0.717) is 5.69 Å². The Labute approximate surface area is 104 Å². The number of carbonyl (C=O) groups excluding carboxylic acids is 1. The molecule has 6 heteroatoms. The van der Waals surface area contributed by atoms with E-state index >= 15 is 0 Å². The highest BCUT2D eigenvalue weighted by atomic mass is 35.5. The van der Waals surface area contributed by atoms with Crippen molar-refractivity contribution in [1.82, 2.24) is 4.98 Å². The molecule has 0 fully saturated rings. The van der Waals surface area contributed by atoms with Gasteiger partial charge in [-0.2, -0.15) is 0 Å². The van der Waals surface area contributed by atoms with Gasteiger partial charge >= 0.3 is 5.97 Å². The Hall–Kier alpha value is -1.62. The average Bonchev–Trinajstić information content (AvgIpc) is 2.19. The SMILES string of the molecule is CC(CC(=O)O)CC(=O)Nc1cccnc1Cl. The second-order valence-electron chi connectivity index (χ2n) is 3.80. The summed E-state index contributed by atoms with van der Waals surface area (Å²) in [4.78, 5) is 25.8. The normalized spacial score (nSPS) is 11.9. The molecule has 2 N–H and O–H groups in total. The number of aromatic nitrogens is 1. The molecule has 0 aromatic carbocycles. The van der Waals surface area contributed by atoms with E-state index in [1.54, 1.807) is 19.1 Å². The van der Waals surface area contributed by atoms with Crippen molar-refractivity contribution in [3.8, 4) is 0 Å². The van der Waals surface area contributed by atoms with Crippen LogP contribution in [0.3, 0.4) is 0 Å². The van der Waals surface area contributed by atoms with E-state index in [-0.39, 0.29) is 29.8 Å². The second kappa shape index (κ2) is 6.20. The van der Waals surface area contributed by atoms with Crippen LogP contribution in [0, 0.1) is 5.92 Å². The molecule has 0 saturated heterocycles. The minimum absolute atomic E-state index is 0.0335. The Morgan fingerprint density at radius 2 is 2.24 bits per heavy atom. The standard InChI is InChI=1S/C11H13ClN2O3/c1-7(6-10(16)17)5-9(15)14-8-3-2-4-13-11(8)12/h2-4,7H,5-6H2,1H3,(H,14,15)(H,16,17). The number of pyridine rings is 1. The predicted molar refractivity (Wildman–Crippen MR) is 63.9 cm³/mol. The molecule has 17 heavy (non-hydrogen) atoms. The molecule has 0 saturated carbocycles. The topological polar surface area (TPSA) is 79.3 Å². The summed E-state index contributed by atoms with van der Waals surface area (Å²) in [5.41, 5.74) is 0.432. The van der Waals surface area contributed by atoms with E-state index in [1.807, 2.05) is 0 Å². The molecular weight excluding hydrogens is 244 g/mol. The van der Waals surface area contributed by atoms with Crippen molar-refractivity contribution in [2.45, 2.75) is 19.8 Å². The van der Waals surface area contributed by atoms with Crippen LogP contribution in [0.2, 0.25) is 5.15 Å². The van der Waals surface area contributed by atoms with Gasteiger partial charge in [-0.05, 0) is 18.1 Å². The Morgan fingerprint density at radius 3 is 2.82 bits per heavy atom. The number of nitrogens with one attached hydrogen (secondary N) is 1. The van der Waals surface area contributed by atoms with Crippen molar-refractivity contribution in [3.63, 3.8) is 0 Å². The van der Waals surface area contributed by atoms with Crippen molar-refractivity contribution in [1.29, 1.82) is 0 Å². The predicted octanol–water partition coefficient (Wildman–Crippen LogP) is 2.17. The third-order valence-electron chi connectivity index (χ3n) is 2.09. The number of carboxylic acid groups (broad SMARTS) is 1. The first-order valence-corrected chi connectivity index (χ1v) is 5.49. The average molecular weight is 257 g/mol. The van der Waals surface area contributed by atoms with Crippen LogP contribution in [-0.4, -0.2) is 22.0 Å². The van der Waals surface area contributed by atoms with Gasteiger partial charge in [-0.3, -0.25) is 9.59 Å². The monoisotopic (exact) mass is 256 g/mol. The summed E-state index contributed by atoms with van der Waals surface area (Å²) in [7, 11) is 0. The van der Waals surface area contributed by atoms with Gasteiger partial charge in [0.1, 0.15) is 0 Å². The molecule has 1 atom stereocenters. The van der Waals surface area contributed by atoms with Crippen molar-refractivity contribution < 1.29 is 14.7 Å². The van der Waals surface area contributed by atoms with Gasteiger partial charge in [-0.25, -0.2) is 4.98 Å². The summed E-state index contributed by atoms with van der Waals surface area (Å²) in [6.45, 7) is 1.71. The molecule has 1 rings (SSSR count). The molecule has 0 spiro atoms. The fourth-order valence-electron chi connectivity index (χ4n) is 1.37. The fourth-order valence-corrected chi connectivity index (χ4v) is 1.53. The van der Waals surface area contributed by atoms with Crippen molar-refractivity contribution in [2.24, 2.45) is 5.92 Å². The smallest absolute Gasteiger partial charge is 0.303 e. The Balaban J connectivity index is 2.50. The van der Waals surface area contributed by atoms with Crippen LogP contribution in [0.5, 0.6) is 0 Å². The van der Waals surface area contributed by atoms with E-state index in [1.165, 1.54) is 6.20 Å². The zero-order chi connectivity index (χ0) is 12.8. The molecule has 1 aromatic rings. The summed E-state index contributed by atoms with van der Waals surface area (Å²) in [6.07, 6.45) is 1.62. The molecular formula is C11H13ClN2O3. The summed E-state index contributed by atoms with van der Waals surface area (Å²) in [5.74, 6) is -1.40. The van der Waals surface area contributed by atoms with Crippen LogP contribution in [0.4, 0.5) is 5.69 Å². The van der Waals surface area contributed by atoms with Crippen LogP contribution < -0.4 is 5.32 Å². The number of anilines is 1. The lowest BCUT2D eigenvalue weighted by molar-refractivity contribution is -0.138. The first-order chi connectivity index (χ1) is 7.99. The molecule has 0 aliphatic heterocycles. The highest BCUT2D eigenvalue weighted by Crippen LogP contribution is 2.18. The van der Waals surface area contributed by atoms with Crippen LogP contribution >= 0.6 is 11.6 Å². The number of rotatable bonds is 5. The summed E-state index contributed by atoms with van der Waals surface area (Å²) < 4.78 is 0. The third-order valence-corrected chi connectivity index (χ3v) is 2.39. The largest absolute Gasteiger partial charge is 0.481 e. The Morgan fingerprint density at radius 1 is 1.53 bits per heavy atom. The van der Waals surface area contributed by atoms with Crippen LogP contribution in [0.25, 0.3) is 0 Å². The minimum Gasteiger partial charge on any atom is -0.481 e. The third kappa shape index (κ3) is 4.82. The van der Waals surface area contributed by atoms with Gasteiger partial charge in [0, 0.05) is 19.0 Å². The van der Waals surface area contributed by atoms with E-state index in [9.17, 15) is 9.59 Å². The van der Waals surface area contributed by atoms with Gasteiger partial charge in [0.2, 0.25) is 5.91 Å². The molecule has 5 nitrogen and oxygen atoms in total. The number of aliphatic carboxylic acids is 1. The first kappa shape index (κ1) is 13.4. The van der Waals surface area contributed by atoms with Gasteiger partial charge < -0.3 is 10.4 Å². The van der Waals surface area contributed by atoms with Crippen molar-refractivity contribution >= 4 is 29.2 Å². The number of hydrogen-bond acceptors (Lipinski definition) is 3. The summed E-state index contributed by atoms with van der Waals surface area (Å²) >= 11 is 5.77. The van der Waals surface area contributed by atoms with Crippen LogP contribution in [-0.2, 0) is 9.59 Å². The number of nitrogens with zero attached hydrogens (tertiary/aromatic N) is 1. The van der Waals surface area contributed by atoms with E-state index in [2.05, 4.69) is 10.3 Å². The van der Waals surface area contributed by atoms with Gasteiger partial charge in [0.05, 0.1) is 5.69 Å². The van der Waals surface area contributed by atoms with Gasteiger partial charge in [-0.15, -0.1) is 0 Å². The van der Waals surface area contributed by atoms with Crippen LogP contribution in [0.15, 0.2) is 18.3 Å². The summed E-state index contributed by atoms with van der Waals surface area (Å²) in [6, 6.07) is 3.29. The first-order valence-electron chi connectivity index (χ1n) is 5.11. The number of halogens is 1. The molecule has 1 heterocycles. The lowest BCUT2D eigenvalue weighted by atomic mass is 10.0. The zero-order valence-electron chi connectivity index (χ0n) is 9.31. The van der Waals surface area contributed by atoms with Crippen molar-refractivity contribution in [2.75, 3.05) is 5.32 Å². The number of hydrogen-bond donors (Lipinski definition) is 2. The van der Waals surface area contributed by atoms with Gasteiger partial charge in [0.15, 0.2) is 5.15 Å². The second-order valence-corrected chi connectivity index (χ2v) is 4.16. The Bertz CT molecular complexity index is 423. The fraction of sp³-hybridized carbons (Fsp3) is 0.364. The maximum absolute atomic E-state index is 11.6. The molecule has 0 aliphatic rings. The minimum atomic E-state index is -0.912.